The Morgan fingerprint density at radius 3 is 1.43 bits per heavy atom. The molecule has 0 unspecified atom stereocenters. The van der Waals surface area contributed by atoms with Gasteiger partial charge in [0.25, 0.3) is 0 Å². The zero-order chi connectivity index (χ0) is 31.5. The third-order valence-corrected chi connectivity index (χ3v) is 9.33. The molecule has 0 radical (unpaired) electrons. The first-order valence-electron chi connectivity index (χ1n) is 15.8. The summed E-state index contributed by atoms with van der Waals surface area (Å²) in [5.74, 6) is 0. The van der Waals surface area contributed by atoms with E-state index in [1.807, 2.05) is 42.5 Å². The zero-order valence-electron chi connectivity index (χ0n) is 25.5. The Morgan fingerprint density at radius 2 is 0.851 bits per heavy atom. The summed E-state index contributed by atoms with van der Waals surface area (Å²) in [6.07, 6.45) is 0. The van der Waals surface area contributed by atoms with Crippen LogP contribution >= 0.6 is 0 Å². The Labute approximate surface area is 272 Å². The van der Waals surface area contributed by atoms with Crippen LogP contribution in [-0.4, -0.2) is 26.3 Å². The van der Waals surface area contributed by atoms with E-state index in [0.29, 0.717) is 5.46 Å². The maximum absolute atomic E-state index is 11.0. The molecule has 2 aromatic heterocycles. The van der Waals surface area contributed by atoms with Gasteiger partial charge < -0.3 is 19.2 Å². The second kappa shape index (κ2) is 10.9. The van der Waals surface area contributed by atoms with Crippen molar-refractivity contribution >= 4 is 56.2 Å². The van der Waals surface area contributed by atoms with Crippen molar-refractivity contribution in [3.63, 3.8) is 0 Å². The van der Waals surface area contributed by atoms with Crippen LogP contribution < -0.4 is 5.46 Å². The Balaban J connectivity index is 1.38. The van der Waals surface area contributed by atoms with Crippen molar-refractivity contribution in [1.29, 1.82) is 0 Å². The molecule has 4 nitrogen and oxygen atoms in total. The van der Waals surface area contributed by atoms with Crippen LogP contribution in [0.25, 0.3) is 77.2 Å². The highest BCUT2D eigenvalue weighted by Gasteiger charge is 2.25. The van der Waals surface area contributed by atoms with Crippen molar-refractivity contribution in [2.24, 2.45) is 0 Å². The highest BCUT2D eigenvalue weighted by Crippen LogP contribution is 2.39. The van der Waals surface area contributed by atoms with Crippen molar-refractivity contribution in [3.8, 4) is 33.6 Å². The molecule has 0 aliphatic carbocycles. The highest BCUT2D eigenvalue weighted by atomic mass is 16.4. The number of nitrogens with zero attached hydrogens (tertiary/aromatic N) is 2. The van der Waals surface area contributed by atoms with Gasteiger partial charge in [0.05, 0.1) is 22.1 Å². The lowest BCUT2D eigenvalue weighted by molar-refractivity contribution is 0.425. The molecule has 0 aliphatic heterocycles. The normalized spacial score (nSPS) is 11.6. The summed E-state index contributed by atoms with van der Waals surface area (Å²) in [5, 5.41) is 26.3. The minimum absolute atomic E-state index is 0.440. The molecule has 0 saturated carbocycles. The fraction of sp³-hybridized carbons (Fsp3) is 0. The highest BCUT2D eigenvalue weighted by molar-refractivity contribution is 6.60. The first-order chi connectivity index (χ1) is 23.2. The van der Waals surface area contributed by atoms with Crippen LogP contribution in [0.3, 0.4) is 0 Å². The van der Waals surface area contributed by atoms with Crippen molar-refractivity contribution in [2.45, 2.75) is 0 Å². The van der Waals surface area contributed by atoms with Gasteiger partial charge in [-0.15, -0.1) is 0 Å². The average molecular weight is 605 g/mol. The molecule has 0 bridgehead atoms. The zero-order valence-corrected chi connectivity index (χ0v) is 25.5. The number of para-hydroxylation sites is 2. The number of hydrogen-bond donors (Lipinski definition) is 2. The number of fused-ring (bicyclic) bond motifs is 6. The second-order valence-corrected chi connectivity index (χ2v) is 12.0. The van der Waals surface area contributed by atoms with Gasteiger partial charge in [-0.2, -0.15) is 0 Å². The van der Waals surface area contributed by atoms with Crippen LogP contribution in [0.4, 0.5) is 0 Å². The van der Waals surface area contributed by atoms with E-state index in [-0.39, 0.29) is 0 Å². The first-order valence-corrected chi connectivity index (χ1v) is 15.8. The molecule has 0 spiro atoms. The maximum atomic E-state index is 11.0. The van der Waals surface area contributed by atoms with Crippen LogP contribution in [0.1, 0.15) is 0 Å². The van der Waals surface area contributed by atoms with Crippen molar-refractivity contribution in [2.75, 3.05) is 0 Å². The molecule has 9 rings (SSSR count). The lowest BCUT2D eigenvalue weighted by Gasteiger charge is -2.16. The molecule has 0 amide bonds. The van der Waals surface area contributed by atoms with E-state index in [4.69, 9.17) is 0 Å². The minimum Gasteiger partial charge on any atom is -0.423 e. The predicted octanol–water partition coefficient (Wildman–Crippen LogP) is 8.89. The van der Waals surface area contributed by atoms with E-state index in [2.05, 4.69) is 130 Å². The van der Waals surface area contributed by atoms with Crippen molar-refractivity contribution in [1.82, 2.24) is 9.13 Å². The molecule has 0 aliphatic rings. The van der Waals surface area contributed by atoms with E-state index in [9.17, 15) is 10.0 Å². The summed E-state index contributed by atoms with van der Waals surface area (Å²) in [7, 11) is -1.68. The molecule has 7 aromatic carbocycles. The molecular formula is C42H29BN2O2. The van der Waals surface area contributed by atoms with Gasteiger partial charge in [0.15, 0.2) is 0 Å². The van der Waals surface area contributed by atoms with Crippen LogP contribution in [0.15, 0.2) is 164 Å². The third kappa shape index (κ3) is 4.40. The van der Waals surface area contributed by atoms with Gasteiger partial charge in [-0.05, 0) is 76.9 Å². The van der Waals surface area contributed by atoms with Crippen LogP contribution in [0.2, 0.25) is 0 Å². The fourth-order valence-electron chi connectivity index (χ4n) is 7.18. The van der Waals surface area contributed by atoms with E-state index >= 15 is 0 Å². The fourth-order valence-corrected chi connectivity index (χ4v) is 7.18. The summed E-state index contributed by atoms with van der Waals surface area (Å²) in [4.78, 5) is 0. The Morgan fingerprint density at radius 1 is 0.362 bits per heavy atom. The van der Waals surface area contributed by atoms with Crippen molar-refractivity contribution in [3.05, 3.63) is 164 Å². The summed E-state index contributed by atoms with van der Waals surface area (Å²) in [5.41, 5.74) is 10.7. The number of benzene rings is 7. The van der Waals surface area contributed by atoms with E-state index < -0.39 is 7.12 Å². The van der Waals surface area contributed by atoms with E-state index in [1.54, 1.807) is 0 Å². The molecule has 0 atom stereocenters. The van der Waals surface area contributed by atoms with Gasteiger partial charge in [0.2, 0.25) is 0 Å². The summed E-state index contributed by atoms with van der Waals surface area (Å²) >= 11 is 0. The minimum atomic E-state index is -1.68. The Bertz CT molecular complexity index is 2490. The lowest BCUT2D eigenvalue weighted by atomic mass is 9.78. The molecular weight excluding hydrogens is 575 g/mol. The van der Waals surface area contributed by atoms with Gasteiger partial charge in [0.1, 0.15) is 0 Å². The van der Waals surface area contributed by atoms with Crippen LogP contribution in [0.5, 0.6) is 0 Å². The topological polar surface area (TPSA) is 50.3 Å². The van der Waals surface area contributed by atoms with Gasteiger partial charge in [-0.25, -0.2) is 0 Å². The lowest BCUT2D eigenvalue weighted by Crippen LogP contribution is -2.33. The van der Waals surface area contributed by atoms with Gasteiger partial charge in [0, 0.05) is 38.4 Å². The van der Waals surface area contributed by atoms with E-state index in [0.717, 1.165) is 77.2 Å². The van der Waals surface area contributed by atoms with Crippen LogP contribution in [0, 0.1) is 0 Å². The SMILES string of the molecule is OB(O)c1cc2c(cc1-n1c3ccc(-c4ccccc4)cc3c3cc(-c4ccccc4)ccc31)c1ccccc1n2-c1ccccc1. The monoisotopic (exact) mass is 604 g/mol. The molecule has 2 N–H and O–H groups in total. The quantitative estimate of drug-likeness (QED) is 0.193. The van der Waals surface area contributed by atoms with Gasteiger partial charge in [-0.1, -0.05) is 109 Å². The predicted molar refractivity (Wildman–Crippen MR) is 196 cm³/mol. The summed E-state index contributed by atoms with van der Waals surface area (Å²) in [6, 6.07) is 56.6. The van der Waals surface area contributed by atoms with E-state index in [1.165, 1.54) is 0 Å². The molecule has 47 heavy (non-hydrogen) atoms. The standard InChI is InChI=1S/C42H29BN2O2/c46-43(47)37-27-41-36(33-18-10-11-19-38(33)44(41)32-16-8-3-9-17-32)26-42(37)45-39-22-20-30(28-12-4-1-5-13-28)24-34(39)35-25-31(21-23-40(35)45)29-14-6-2-7-15-29/h1-27,46-47H. The number of aromatic nitrogens is 2. The Kier molecular flexibility index (Phi) is 6.35. The molecule has 222 valence electrons. The molecule has 2 heterocycles. The molecule has 0 saturated heterocycles. The molecule has 5 heteroatoms. The second-order valence-electron chi connectivity index (χ2n) is 12.0. The number of rotatable bonds is 5. The van der Waals surface area contributed by atoms with Gasteiger partial charge in [-0.3, -0.25) is 0 Å². The average Bonchev–Trinajstić information content (AvgIpc) is 3.63. The molecule has 9 aromatic rings. The smallest absolute Gasteiger partial charge is 0.423 e. The summed E-state index contributed by atoms with van der Waals surface area (Å²) < 4.78 is 4.39. The Hall–Kier alpha value is -5.88. The maximum Gasteiger partial charge on any atom is 0.490 e. The third-order valence-electron chi connectivity index (χ3n) is 9.33. The summed E-state index contributed by atoms with van der Waals surface area (Å²) in [6.45, 7) is 0. The van der Waals surface area contributed by atoms with Crippen LogP contribution in [-0.2, 0) is 0 Å². The first kappa shape index (κ1) is 27.4. The van der Waals surface area contributed by atoms with Crippen molar-refractivity contribution < 1.29 is 10.0 Å². The molecule has 0 fully saturated rings. The number of hydrogen-bond acceptors (Lipinski definition) is 2. The largest absolute Gasteiger partial charge is 0.490 e. The van der Waals surface area contributed by atoms with Gasteiger partial charge >= 0.3 is 7.12 Å².